The number of phenolic OH excluding ortho intramolecular Hbond substituents is 1. The zero-order chi connectivity index (χ0) is 13.0. The molecule has 2 rings (SSSR count). The Balaban J connectivity index is 2.52. The summed E-state index contributed by atoms with van der Waals surface area (Å²) in [6.07, 6.45) is 0. The zero-order valence-corrected chi connectivity index (χ0v) is 11.5. The Hall–Kier alpha value is -0.960. The molecule has 0 aromatic heterocycles. The van der Waals surface area contributed by atoms with E-state index in [-0.39, 0.29) is 0 Å². The van der Waals surface area contributed by atoms with Crippen LogP contribution in [-0.4, -0.2) is 30.0 Å². The van der Waals surface area contributed by atoms with Crippen LogP contribution in [0.5, 0.6) is 5.75 Å². The van der Waals surface area contributed by atoms with E-state index in [4.69, 9.17) is 23.2 Å². The Labute approximate surface area is 117 Å². The molecule has 0 aliphatic carbocycles. The number of aromatic hydroxyl groups is 1. The van der Waals surface area contributed by atoms with E-state index < -0.39 is 0 Å². The highest BCUT2D eigenvalue weighted by atomic mass is 35.5. The number of phenols is 1. The fourth-order valence-electron chi connectivity index (χ4n) is 2.21. The van der Waals surface area contributed by atoms with Crippen molar-refractivity contribution in [1.29, 1.82) is 0 Å². The molecule has 0 spiro atoms. The first kappa shape index (κ1) is 13.5. The number of halogens is 2. The quantitative estimate of drug-likeness (QED) is 0.640. The van der Waals surface area contributed by atoms with E-state index in [2.05, 4.69) is 0 Å². The van der Waals surface area contributed by atoms with Gasteiger partial charge in [0, 0.05) is 16.8 Å². The van der Waals surface area contributed by atoms with Crippen molar-refractivity contribution < 1.29 is 10.0 Å². The summed E-state index contributed by atoms with van der Waals surface area (Å²) in [5.74, 6) is 1.48. The molecule has 0 radical (unpaired) electrons. The molecule has 96 valence electrons. The fraction of sp³-hybridized carbons (Fsp3) is 0.286. The first-order chi connectivity index (χ1) is 8.77. The van der Waals surface area contributed by atoms with E-state index in [1.165, 1.54) is 4.90 Å². The topological polar surface area (TPSA) is 24.7 Å². The third-order valence-corrected chi connectivity index (χ3v) is 3.45. The fourth-order valence-corrected chi connectivity index (χ4v) is 2.67. The van der Waals surface area contributed by atoms with E-state index in [0.717, 1.165) is 29.5 Å². The van der Waals surface area contributed by atoms with E-state index in [1.54, 1.807) is 6.07 Å². The van der Waals surface area contributed by atoms with Crippen molar-refractivity contribution in [2.75, 3.05) is 24.8 Å². The first-order valence-electron chi connectivity index (χ1n) is 5.95. The molecule has 2 N–H and O–H groups in total. The summed E-state index contributed by atoms with van der Waals surface area (Å²) in [6.45, 7) is 1.64. The first-order valence-corrected chi connectivity index (χ1v) is 7.02. The summed E-state index contributed by atoms with van der Waals surface area (Å²) in [5, 5.41) is 11.8. The number of fused-ring (bicyclic) bond motifs is 1. The zero-order valence-electron chi connectivity index (χ0n) is 10.00. The number of nitrogens with one attached hydrogen (secondary N) is 1. The van der Waals surface area contributed by atoms with Crippen LogP contribution in [0.25, 0.3) is 10.8 Å². The second-order valence-electron chi connectivity index (χ2n) is 4.16. The van der Waals surface area contributed by atoms with Gasteiger partial charge in [-0.25, -0.2) is 0 Å². The van der Waals surface area contributed by atoms with Crippen LogP contribution in [0.1, 0.15) is 0 Å². The minimum atomic E-state index is 0.311. The monoisotopic (exact) mass is 284 g/mol. The molecule has 0 saturated heterocycles. The lowest BCUT2D eigenvalue weighted by Gasteiger charge is -2.19. The van der Waals surface area contributed by atoms with E-state index in [0.29, 0.717) is 17.5 Å². The van der Waals surface area contributed by atoms with E-state index in [1.807, 2.05) is 30.3 Å². The van der Waals surface area contributed by atoms with Gasteiger partial charge in [-0.3, -0.25) is 4.90 Å². The van der Waals surface area contributed by atoms with Crippen molar-refractivity contribution in [1.82, 2.24) is 0 Å². The Morgan fingerprint density at radius 1 is 0.889 bits per heavy atom. The van der Waals surface area contributed by atoms with Crippen LogP contribution in [0.2, 0.25) is 0 Å². The van der Waals surface area contributed by atoms with Gasteiger partial charge >= 0.3 is 0 Å². The third-order valence-electron chi connectivity index (χ3n) is 3.07. The lowest BCUT2D eigenvalue weighted by Crippen LogP contribution is -3.08. The van der Waals surface area contributed by atoms with E-state index in [9.17, 15) is 5.11 Å². The van der Waals surface area contributed by atoms with Crippen molar-refractivity contribution in [3.8, 4) is 5.75 Å². The molecular weight excluding hydrogens is 269 g/mol. The number of hydrogen-bond acceptors (Lipinski definition) is 1. The summed E-state index contributed by atoms with van der Waals surface area (Å²) >= 11 is 11.7. The maximum atomic E-state index is 9.88. The molecule has 18 heavy (non-hydrogen) atoms. The Morgan fingerprint density at radius 2 is 1.50 bits per heavy atom. The molecule has 0 bridgehead atoms. The molecule has 0 amide bonds. The lowest BCUT2D eigenvalue weighted by molar-refractivity contribution is -0.826. The number of hydrogen-bond donors (Lipinski definition) is 2. The van der Waals surface area contributed by atoms with Gasteiger partial charge in [-0.15, -0.1) is 23.2 Å². The van der Waals surface area contributed by atoms with Gasteiger partial charge in [0.05, 0.1) is 24.8 Å². The van der Waals surface area contributed by atoms with Gasteiger partial charge in [0.25, 0.3) is 0 Å². The minimum Gasteiger partial charge on any atom is -0.507 e. The smallest absolute Gasteiger partial charge is 0.139 e. The Morgan fingerprint density at radius 3 is 2.11 bits per heavy atom. The summed E-state index contributed by atoms with van der Waals surface area (Å²) in [7, 11) is 0. The second-order valence-corrected chi connectivity index (χ2v) is 4.92. The number of benzene rings is 2. The summed E-state index contributed by atoms with van der Waals surface area (Å²) in [5.41, 5.74) is 1.14. The van der Waals surface area contributed by atoms with Gasteiger partial charge in [-0.1, -0.05) is 18.2 Å². The van der Waals surface area contributed by atoms with Gasteiger partial charge in [0.2, 0.25) is 0 Å². The van der Waals surface area contributed by atoms with Crippen molar-refractivity contribution in [2.45, 2.75) is 0 Å². The molecule has 0 saturated carbocycles. The normalized spacial score (nSPS) is 11.3. The molecule has 4 heteroatoms. The molecule has 0 fully saturated rings. The molecule has 2 aromatic rings. The van der Waals surface area contributed by atoms with Crippen molar-refractivity contribution >= 4 is 39.7 Å². The molecule has 2 aromatic carbocycles. The van der Waals surface area contributed by atoms with Crippen LogP contribution in [0.15, 0.2) is 36.4 Å². The van der Waals surface area contributed by atoms with Gasteiger partial charge in [0.1, 0.15) is 11.4 Å². The van der Waals surface area contributed by atoms with Gasteiger partial charge in [-0.2, -0.15) is 0 Å². The number of rotatable bonds is 5. The Kier molecular flexibility index (Phi) is 4.70. The molecule has 0 aliphatic heterocycles. The molecule has 0 atom stereocenters. The molecular formula is C14H16Cl2NO+. The average molecular weight is 285 g/mol. The van der Waals surface area contributed by atoms with Crippen molar-refractivity contribution in [2.24, 2.45) is 0 Å². The highest BCUT2D eigenvalue weighted by Gasteiger charge is 2.15. The van der Waals surface area contributed by atoms with Crippen molar-refractivity contribution in [3.05, 3.63) is 36.4 Å². The predicted octanol–water partition coefficient (Wildman–Crippen LogP) is 2.54. The van der Waals surface area contributed by atoms with Gasteiger partial charge < -0.3 is 5.11 Å². The SMILES string of the molecule is Oc1ccc([NH+](CCCl)CCCl)c2ccccc12. The van der Waals surface area contributed by atoms with Crippen LogP contribution in [0.3, 0.4) is 0 Å². The van der Waals surface area contributed by atoms with Crippen molar-refractivity contribution in [3.63, 3.8) is 0 Å². The summed E-state index contributed by atoms with van der Waals surface area (Å²) in [4.78, 5) is 1.25. The largest absolute Gasteiger partial charge is 0.507 e. The van der Waals surface area contributed by atoms with Crippen LogP contribution in [-0.2, 0) is 0 Å². The average Bonchev–Trinajstić information content (AvgIpc) is 2.39. The minimum absolute atomic E-state index is 0.311. The van der Waals surface area contributed by atoms with Crippen LogP contribution < -0.4 is 4.90 Å². The number of alkyl halides is 2. The van der Waals surface area contributed by atoms with Crippen LogP contribution in [0.4, 0.5) is 5.69 Å². The molecule has 0 heterocycles. The van der Waals surface area contributed by atoms with Crippen LogP contribution in [0, 0.1) is 0 Å². The summed E-state index contributed by atoms with van der Waals surface area (Å²) in [6, 6.07) is 11.5. The standard InChI is InChI=1S/C14H15Cl2NO/c15-7-9-17(10-8-16)13-5-6-14(18)12-4-2-1-3-11(12)13/h1-6,18H,7-10H2/p+1. The number of quaternary nitrogens is 1. The highest BCUT2D eigenvalue weighted by Crippen LogP contribution is 2.28. The molecule has 0 unspecified atom stereocenters. The van der Waals surface area contributed by atoms with Crippen LogP contribution >= 0.6 is 23.2 Å². The lowest BCUT2D eigenvalue weighted by atomic mass is 10.1. The maximum absolute atomic E-state index is 9.88. The predicted molar refractivity (Wildman–Crippen MR) is 77.4 cm³/mol. The highest BCUT2D eigenvalue weighted by molar-refractivity contribution is 6.18. The van der Waals surface area contributed by atoms with E-state index >= 15 is 0 Å². The summed E-state index contributed by atoms with van der Waals surface area (Å²) < 4.78 is 0. The van der Waals surface area contributed by atoms with Gasteiger partial charge in [-0.05, 0) is 12.1 Å². The second kappa shape index (κ2) is 6.28. The third kappa shape index (κ3) is 2.72. The molecule has 2 nitrogen and oxygen atoms in total. The maximum Gasteiger partial charge on any atom is 0.139 e. The molecule has 0 aliphatic rings. The Bertz CT molecular complexity index is 524. The van der Waals surface area contributed by atoms with Gasteiger partial charge in [0.15, 0.2) is 0 Å².